The van der Waals surface area contributed by atoms with Gasteiger partial charge in [-0.3, -0.25) is 4.79 Å². The second-order valence-electron chi connectivity index (χ2n) is 6.66. The summed E-state index contributed by atoms with van der Waals surface area (Å²) in [7, 11) is 3.17. The topological polar surface area (TPSA) is 42.4 Å². The van der Waals surface area contributed by atoms with E-state index in [0.29, 0.717) is 0 Å². The number of anilines is 1. The van der Waals surface area contributed by atoms with E-state index in [1.807, 2.05) is 26.1 Å². The quantitative estimate of drug-likeness (QED) is 0.559. The number of aromatic nitrogens is 1. The zero-order valence-electron chi connectivity index (χ0n) is 13.4. The molecule has 0 aliphatic heterocycles. The van der Waals surface area contributed by atoms with Gasteiger partial charge in [-0.25, -0.2) is 4.98 Å². The van der Waals surface area contributed by atoms with E-state index in [1.165, 1.54) is 32.8 Å². The number of carbonyl (C=O) groups is 1. The predicted molar refractivity (Wildman–Crippen MR) is 94.4 cm³/mol. The zero-order chi connectivity index (χ0) is 15.7. The molecule has 4 nitrogen and oxygen atoms in total. The lowest BCUT2D eigenvalue weighted by atomic mass is 9.86. The van der Waals surface area contributed by atoms with E-state index in [9.17, 15) is 4.79 Å². The fourth-order valence-electron chi connectivity index (χ4n) is 2.22. The molecule has 2 aliphatic rings. The first kappa shape index (κ1) is 16.1. The summed E-state index contributed by atoms with van der Waals surface area (Å²) in [5, 5.41) is 0. The monoisotopic (exact) mass is 338 g/mol. The number of hydrogen-bond acceptors (Lipinski definition) is 4. The largest absolute Gasteiger partial charge is 0.468 e. The van der Waals surface area contributed by atoms with E-state index in [-0.39, 0.29) is 5.97 Å². The Hall–Kier alpha value is -0.720. The van der Waals surface area contributed by atoms with Crippen LogP contribution in [0.4, 0.5) is 5.82 Å². The molecule has 2 fully saturated rings. The van der Waals surface area contributed by atoms with Crippen molar-refractivity contribution < 1.29 is 9.53 Å². The highest BCUT2D eigenvalue weighted by Crippen LogP contribution is 2.53. The summed E-state index contributed by atoms with van der Waals surface area (Å²) in [5.74, 6) is 0.846. The maximum Gasteiger partial charge on any atom is 0.315 e. The average Bonchev–Trinajstić information content (AvgIpc) is 3.41. The number of nitrogens with zero attached hydrogens (tertiary/aromatic N) is 2. The number of rotatable bonds is 7. The SMILES string of the molecule is COC(=O)C(C)(C)c1ccc(N(PC2CC2)PC2CC2)nc1. The molecule has 2 unspecified atom stereocenters. The van der Waals surface area contributed by atoms with Crippen molar-refractivity contribution in [3.05, 3.63) is 23.9 Å². The Bertz CT molecular complexity index is 526. The molecule has 1 aromatic rings. The number of ether oxygens (including phenoxy) is 1. The maximum atomic E-state index is 11.9. The zero-order valence-corrected chi connectivity index (χ0v) is 15.4. The van der Waals surface area contributed by atoms with E-state index in [2.05, 4.69) is 15.5 Å². The second kappa shape index (κ2) is 6.42. The first-order valence-electron chi connectivity index (χ1n) is 7.88. The molecule has 0 aromatic carbocycles. The van der Waals surface area contributed by atoms with Crippen molar-refractivity contribution in [2.24, 2.45) is 0 Å². The fraction of sp³-hybridized carbons (Fsp3) is 0.625. The van der Waals surface area contributed by atoms with E-state index in [1.54, 1.807) is 0 Å². The van der Waals surface area contributed by atoms with Gasteiger partial charge in [0.05, 0.1) is 12.5 Å². The predicted octanol–water partition coefficient (Wildman–Crippen LogP) is 3.85. The van der Waals surface area contributed by atoms with Gasteiger partial charge in [-0.1, -0.05) is 6.07 Å². The van der Waals surface area contributed by atoms with Gasteiger partial charge >= 0.3 is 5.97 Å². The Morgan fingerprint density at radius 2 is 1.82 bits per heavy atom. The van der Waals surface area contributed by atoms with Gasteiger partial charge in [0.25, 0.3) is 0 Å². The Morgan fingerprint density at radius 3 is 2.23 bits per heavy atom. The van der Waals surface area contributed by atoms with Gasteiger partial charge in [-0.05, 0) is 79.9 Å². The lowest BCUT2D eigenvalue weighted by molar-refractivity contribution is -0.146. The van der Waals surface area contributed by atoms with Gasteiger partial charge in [-0.2, -0.15) is 0 Å². The number of methoxy groups -OCH3 is 1. The van der Waals surface area contributed by atoms with Crippen LogP contribution in [0.2, 0.25) is 0 Å². The van der Waals surface area contributed by atoms with Gasteiger partial charge in [0.1, 0.15) is 5.82 Å². The Balaban J connectivity index is 1.74. The standard InChI is InChI=1S/C16H24N2O2P2/c1-16(2,15(19)20-3)11-4-9-14(17-10-11)18(21-12-5-6-12)22-13-7-8-13/h4,9-10,12-13,21-22H,5-8H2,1-3H3. The van der Waals surface area contributed by atoms with Gasteiger partial charge in [0, 0.05) is 6.20 Å². The number of esters is 1. The molecular formula is C16H24N2O2P2. The molecule has 2 atom stereocenters. The van der Waals surface area contributed by atoms with Crippen LogP contribution in [0.15, 0.2) is 18.3 Å². The maximum absolute atomic E-state index is 11.9. The fourth-order valence-corrected chi connectivity index (χ4v) is 5.72. The number of carbonyl (C=O) groups excluding carboxylic acids is 1. The van der Waals surface area contributed by atoms with Crippen LogP contribution in [-0.4, -0.2) is 29.4 Å². The Labute approximate surface area is 136 Å². The van der Waals surface area contributed by atoms with Crippen LogP contribution in [0.5, 0.6) is 0 Å². The third-order valence-corrected chi connectivity index (χ3v) is 7.81. The van der Waals surface area contributed by atoms with E-state index in [0.717, 1.165) is 40.2 Å². The van der Waals surface area contributed by atoms with Crippen molar-refractivity contribution in [3.63, 3.8) is 0 Å². The van der Waals surface area contributed by atoms with Crippen molar-refractivity contribution >= 4 is 29.3 Å². The number of pyridine rings is 1. The summed E-state index contributed by atoms with van der Waals surface area (Å²) in [6.45, 7) is 3.76. The van der Waals surface area contributed by atoms with E-state index in [4.69, 9.17) is 4.74 Å². The van der Waals surface area contributed by atoms with Crippen molar-refractivity contribution in [2.75, 3.05) is 11.6 Å². The first-order valence-corrected chi connectivity index (χ1v) is 9.93. The second-order valence-corrected chi connectivity index (χ2v) is 10.2. The molecule has 0 radical (unpaired) electrons. The summed E-state index contributed by atoms with van der Waals surface area (Å²) in [4.78, 5) is 16.6. The van der Waals surface area contributed by atoms with Crippen molar-refractivity contribution in [1.82, 2.24) is 4.98 Å². The summed E-state index contributed by atoms with van der Waals surface area (Å²) in [6.07, 6.45) is 7.33. The number of hydrogen-bond donors (Lipinski definition) is 0. The van der Waals surface area contributed by atoms with Gasteiger partial charge in [0.15, 0.2) is 0 Å². The van der Waals surface area contributed by atoms with E-state index < -0.39 is 5.41 Å². The molecule has 0 N–H and O–H groups in total. The summed E-state index contributed by atoms with van der Waals surface area (Å²) >= 11 is 0. The third-order valence-electron chi connectivity index (χ3n) is 4.17. The minimum Gasteiger partial charge on any atom is -0.468 e. The highest BCUT2D eigenvalue weighted by molar-refractivity contribution is 7.60. The van der Waals surface area contributed by atoms with Crippen molar-refractivity contribution in [3.8, 4) is 0 Å². The van der Waals surface area contributed by atoms with Crippen LogP contribution in [0.25, 0.3) is 0 Å². The minimum atomic E-state index is -0.650. The van der Waals surface area contributed by atoms with Crippen molar-refractivity contribution in [2.45, 2.75) is 56.3 Å². The molecule has 0 bridgehead atoms. The Kier molecular flexibility index (Phi) is 4.71. The lowest BCUT2D eigenvalue weighted by Gasteiger charge is -2.25. The van der Waals surface area contributed by atoms with Crippen LogP contribution in [0.3, 0.4) is 0 Å². The van der Waals surface area contributed by atoms with Crippen LogP contribution >= 0.6 is 17.5 Å². The molecule has 0 spiro atoms. The van der Waals surface area contributed by atoms with Gasteiger partial charge in [-0.15, -0.1) is 0 Å². The van der Waals surface area contributed by atoms with Crippen LogP contribution in [-0.2, 0) is 14.9 Å². The smallest absolute Gasteiger partial charge is 0.315 e. The summed E-state index contributed by atoms with van der Waals surface area (Å²) in [5.41, 5.74) is 2.04. The Morgan fingerprint density at radius 1 is 1.23 bits per heavy atom. The lowest BCUT2D eigenvalue weighted by Crippen LogP contribution is -2.30. The van der Waals surface area contributed by atoms with Crippen molar-refractivity contribution in [1.29, 1.82) is 0 Å². The molecule has 1 aromatic heterocycles. The minimum absolute atomic E-state index is 0.224. The molecule has 1 heterocycles. The van der Waals surface area contributed by atoms with Crippen LogP contribution in [0, 0.1) is 0 Å². The normalized spacial score (nSPS) is 19.2. The third kappa shape index (κ3) is 3.78. The molecule has 120 valence electrons. The van der Waals surface area contributed by atoms with Crippen LogP contribution < -0.4 is 4.44 Å². The van der Waals surface area contributed by atoms with Crippen LogP contribution in [0.1, 0.15) is 45.1 Å². The highest BCUT2D eigenvalue weighted by Gasteiger charge is 2.33. The van der Waals surface area contributed by atoms with Gasteiger partial charge < -0.3 is 9.18 Å². The molecule has 22 heavy (non-hydrogen) atoms. The summed E-state index contributed by atoms with van der Waals surface area (Å²) < 4.78 is 7.38. The molecule has 2 aliphatic carbocycles. The summed E-state index contributed by atoms with van der Waals surface area (Å²) in [6, 6.07) is 4.10. The molecular weight excluding hydrogens is 314 g/mol. The van der Waals surface area contributed by atoms with Gasteiger partial charge in [0.2, 0.25) is 0 Å². The highest BCUT2D eigenvalue weighted by atomic mass is 31.1. The molecule has 6 heteroatoms. The molecule has 3 rings (SSSR count). The molecule has 2 saturated carbocycles. The average molecular weight is 338 g/mol. The van der Waals surface area contributed by atoms with E-state index >= 15 is 0 Å². The first-order chi connectivity index (χ1) is 10.5. The molecule has 0 saturated heterocycles. The molecule has 0 amide bonds.